The van der Waals surface area contributed by atoms with Crippen LogP contribution in [0.15, 0.2) is 78.9 Å². The first-order valence-electron chi connectivity index (χ1n) is 11.3. The van der Waals surface area contributed by atoms with E-state index in [-0.39, 0.29) is 23.8 Å². The van der Waals surface area contributed by atoms with Crippen LogP contribution in [0, 0.1) is 5.82 Å². The molecule has 1 saturated heterocycles. The Kier molecular flexibility index (Phi) is 6.13. The molecule has 2 heterocycles. The fourth-order valence-electron chi connectivity index (χ4n) is 4.57. The minimum Gasteiger partial charge on any atom is -0.344 e. The average Bonchev–Trinajstić information content (AvgIpc) is 3.27. The number of carbonyl (C=O) groups excluding carboxylic acids is 1. The molecule has 4 aromatic rings. The van der Waals surface area contributed by atoms with Gasteiger partial charge in [-0.25, -0.2) is 9.07 Å². The minimum absolute atomic E-state index is 0.00726. The summed E-state index contributed by atoms with van der Waals surface area (Å²) < 4.78 is 15.3. The Balaban J connectivity index is 1.21. The second-order valence-electron chi connectivity index (χ2n) is 8.50. The summed E-state index contributed by atoms with van der Waals surface area (Å²) in [4.78, 5) is 15.1. The number of nitrogens with zero attached hydrogens (tertiary/aromatic N) is 4. The van der Waals surface area contributed by atoms with E-state index in [9.17, 15) is 9.18 Å². The van der Waals surface area contributed by atoms with E-state index in [4.69, 9.17) is 0 Å². The molecule has 3 aromatic carbocycles. The predicted octanol–water partition coefficient (Wildman–Crippen LogP) is 4.11. The van der Waals surface area contributed by atoms with Gasteiger partial charge in [0.05, 0.1) is 24.1 Å². The van der Waals surface area contributed by atoms with Gasteiger partial charge in [0, 0.05) is 19.2 Å². The van der Waals surface area contributed by atoms with Gasteiger partial charge in [0.1, 0.15) is 11.3 Å². The molecule has 6 nitrogen and oxygen atoms in total. The number of fused-ring (bicyclic) bond motifs is 1. The first-order chi connectivity index (χ1) is 16.2. The summed E-state index contributed by atoms with van der Waals surface area (Å²) in [6, 6.07) is 24.7. The van der Waals surface area contributed by atoms with Gasteiger partial charge in [-0.2, -0.15) is 0 Å². The Labute approximate surface area is 192 Å². The third-order valence-electron chi connectivity index (χ3n) is 6.27. The molecule has 0 spiro atoms. The lowest BCUT2D eigenvalue weighted by molar-refractivity contribution is -0.123. The summed E-state index contributed by atoms with van der Waals surface area (Å²) in [5, 5.41) is 11.6. The van der Waals surface area contributed by atoms with Crippen LogP contribution in [0.3, 0.4) is 0 Å². The third-order valence-corrected chi connectivity index (χ3v) is 6.27. The topological polar surface area (TPSA) is 63.1 Å². The Morgan fingerprint density at radius 2 is 1.61 bits per heavy atom. The smallest absolute Gasteiger partial charge is 0.234 e. The Morgan fingerprint density at radius 3 is 2.24 bits per heavy atom. The number of benzene rings is 3. The van der Waals surface area contributed by atoms with Gasteiger partial charge >= 0.3 is 0 Å². The number of rotatable bonds is 6. The van der Waals surface area contributed by atoms with Gasteiger partial charge in [-0.15, -0.1) is 5.10 Å². The van der Waals surface area contributed by atoms with Crippen molar-refractivity contribution in [2.24, 2.45) is 0 Å². The Hall–Kier alpha value is -3.58. The number of hydrogen-bond acceptors (Lipinski definition) is 4. The van der Waals surface area contributed by atoms with Gasteiger partial charge in [0.15, 0.2) is 0 Å². The van der Waals surface area contributed by atoms with E-state index in [2.05, 4.69) is 20.5 Å². The number of nitrogens with one attached hydrogen (secondary N) is 1. The molecule has 0 unspecified atom stereocenters. The molecule has 0 atom stereocenters. The van der Waals surface area contributed by atoms with Crippen LogP contribution >= 0.6 is 0 Å². The van der Waals surface area contributed by atoms with Crippen LogP contribution in [0.4, 0.5) is 4.39 Å². The van der Waals surface area contributed by atoms with Crippen LogP contribution in [-0.4, -0.2) is 45.4 Å². The van der Waals surface area contributed by atoms with E-state index in [1.165, 1.54) is 12.1 Å². The van der Waals surface area contributed by atoms with Crippen LogP contribution in [-0.2, 0) is 4.79 Å². The maximum absolute atomic E-state index is 13.4. The van der Waals surface area contributed by atoms with Crippen molar-refractivity contribution in [2.45, 2.75) is 24.9 Å². The van der Waals surface area contributed by atoms with Crippen molar-refractivity contribution in [3.8, 4) is 0 Å². The van der Waals surface area contributed by atoms with Crippen molar-refractivity contribution in [3.63, 3.8) is 0 Å². The summed E-state index contributed by atoms with van der Waals surface area (Å²) in [6.45, 7) is 1.94. The van der Waals surface area contributed by atoms with E-state index in [0.29, 0.717) is 12.1 Å². The van der Waals surface area contributed by atoms with Gasteiger partial charge in [0.2, 0.25) is 5.91 Å². The van der Waals surface area contributed by atoms with E-state index < -0.39 is 0 Å². The number of halogens is 1. The quantitative estimate of drug-likeness (QED) is 0.487. The second-order valence-corrected chi connectivity index (χ2v) is 8.50. The molecule has 1 aromatic heterocycles. The maximum Gasteiger partial charge on any atom is 0.234 e. The zero-order chi connectivity index (χ0) is 22.6. The van der Waals surface area contributed by atoms with Crippen molar-refractivity contribution in [1.29, 1.82) is 0 Å². The van der Waals surface area contributed by atoms with Crippen LogP contribution in [0.2, 0.25) is 0 Å². The largest absolute Gasteiger partial charge is 0.344 e. The predicted molar refractivity (Wildman–Crippen MR) is 125 cm³/mol. The number of likely N-dealkylation sites (tertiary alicyclic amines) is 1. The average molecular weight is 444 g/mol. The highest BCUT2D eigenvalue weighted by molar-refractivity contribution is 5.79. The number of amides is 1. The normalized spacial score (nSPS) is 15.2. The minimum atomic E-state index is -0.306. The van der Waals surface area contributed by atoms with Crippen LogP contribution in [0.25, 0.3) is 11.0 Å². The summed E-state index contributed by atoms with van der Waals surface area (Å²) in [5.74, 6) is -0.299. The lowest BCUT2D eigenvalue weighted by atomic mass is 9.98. The van der Waals surface area contributed by atoms with Crippen LogP contribution < -0.4 is 5.32 Å². The molecule has 1 N–H and O–H groups in total. The molecule has 7 heteroatoms. The van der Waals surface area contributed by atoms with E-state index in [0.717, 1.165) is 42.6 Å². The number of hydrogen-bond donors (Lipinski definition) is 1. The van der Waals surface area contributed by atoms with Crippen molar-refractivity contribution in [1.82, 2.24) is 25.2 Å². The second kappa shape index (κ2) is 9.50. The van der Waals surface area contributed by atoms with Gasteiger partial charge in [0.25, 0.3) is 0 Å². The number of aromatic nitrogens is 3. The van der Waals surface area contributed by atoms with Crippen molar-refractivity contribution >= 4 is 16.9 Å². The molecule has 1 amide bonds. The fraction of sp³-hybridized carbons (Fsp3) is 0.269. The van der Waals surface area contributed by atoms with Crippen molar-refractivity contribution in [3.05, 3.63) is 95.8 Å². The molecule has 0 bridgehead atoms. The Morgan fingerprint density at radius 1 is 0.970 bits per heavy atom. The zero-order valence-corrected chi connectivity index (χ0v) is 18.3. The molecule has 168 valence electrons. The summed E-state index contributed by atoms with van der Waals surface area (Å²) in [6.07, 6.45) is 1.73. The summed E-state index contributed by atoms with van der Waals surface area (Å²) in [7, 11) is 0. The van der Waals surface area contributed by atoms with Gasteiger partial charge < -0.3 is 5.32 Å². The van der Waals surface area contributed by atoms with Gasteiger partial charge in [-0.3, -0.25) is 9.69 Å². The first kappa shape index (κ1) is 21.3. The molecule has 0 aliphatic carbocycles. The maximum atomic E-state index is 13.4. The third kappa shape index (κ3) is 4.78. The molecule has 1 aliphatic heterocycles. The van der Waals surface area contributed by atoms with Gasteiger partial charge in [-0.1, -0.05) is 65.9 Å². The number of carbonyl (C=O) groups is 1. The highest BCUT2D eigenvalue weighted by Gasteiger charge is 2.25. The summed E-state index contributed by atoms with van der Waals surface area (Å²) >= 11 is 0. The number of piperidine rings is 1. The molecule has 0 radical (unpaired) electrons. The molecular formula is C26H26FN5O. The molecule has 33 heavy (non-hydrogen) atoms. The van der Waals surface area contributed by atoms with Crippen molar-refractivity contribution in [2.75, 3.05) is 19.6 Å². The lowest BCUT2D eigenvalue weighted by Crippen LogP contribution is -2.43. The Bertz CT molecular complexity index is 1180. The van der Waals surface area contributed by atoms with E-state index >= 15 is 0 Å². The fourth-order valence-corrected chi connectivity index (χ4v) is 4.57. The molecule has 0 saturated carbocycles. The van der Waals surface area contributed by atoms with Crippen LogP contribution in [0.5, 0.6) is 0 Å². The lowest BCUT2D eigenvalue weighted by Gasteiger charge is -2.32. The standard InChI is InChI=1S/C26H26FN5O/c27-21-11-12-24-23(17-21)29-30-32(24)22-13-15-31(16-14-22)18-25(33)28-26(19-7-3-1-4-8-19)20-9-5-2-6-10-20/h1-12,17,22,26H,13-16,18H2,(H,28,33). The monoisotopic (exact) mass is 443 g/mol. The highest BCUT2D eigenvalue weighted by Crippen LogP contribution is 2.26. The summed E-state index contributed by atoms with van der Waals surface area (Å²) in [5.41, 5.74) is 3.54. The van der Waals surface area contributed by atoms with E-state index in [1.54, 1.807) is 6.07 Å². The van der Waals surface area contributed by atoms with Crippen LogP contribution in [0.1, 0.15) is 36.1 Å². The highest BCUT2D eigenvalue weighted by atomic mass is 19.1. The first-order valence-corrected chi connectivity index (χ1v) is 11.3. The molecular weight excluding hydrogens is 417 g/mol. The molecule has 5 rings (SSSR count). The van der Waals surface area contributed by atoms with Crippen molar-refractivity contribution < 1.29 is 9.18 Å². The van der Waals surface area contributed by atoms with Gasteiger partial charge in [-0.05, 0) is 36.1 Å². The SMILES string of the molecule is O=C(CN1CCC(n2nnc3cc(F)ccc32)CC1)NC(c1ccccc1)c1ccccc1. The molecule has 1 fully saturated rings. The molecule has 1 aliphatic rings. The van der Waals surface area contributed by atoms with E-state index in [1.807, 2.05) is 65.3 Å². The zero-order valence-electron chi connectivity index (χ0n) is 18.3.